The van der Waals surface area contributed by atoms with Crippen molar-refractivity contribution in [1.82, 2.24) is 0 Å². The molecule has 78 valence electrons. The van der Waals surface area contributed by atoms with E-state index in [1.807, 2.05) is 0 Å². The van der Waals surface area contributed by atoms with Crippen LogP contribution in [0.15, 0.2) is 11.1 Å². The molecule has 1 aliphatic rings. The van der Waals surface area contributed by atoms with Crippen LogP contribution >= 0.6 is 0 Å². The highest BCUT2D eigenvalue weighted by atomic mass is 16.6. The maximum atomic E-state index is 11.2. The second kappa shape index (κ2) is 4.94. The lowest BCUT2D eigenvalue weighted by Gasteiger charge is -1.98. The van der Waals surface area contributed by atoms with Crippen LogP contribution in [0.5, 0.6) is 0 Å². The zero-order valence-corrected chi connectivity index (χ0v) is 8.76. The summed E-state index contributed by atoms with van der Waals surface area (Å²) in [5, 5.41) is 0. The minimum atomic E-state index is -0.472. The number of rotatable bonds is 5. The lowest BCUT2D eigenvalue weighted by molar-refractivity contribution is -0.151. The Hall–Kier alpha value is -1.12. The first-order valence-corrected chi connectivity index (χ1v) is 5.13. The topological polar surface area (TPSA) is 43.4 Å². The van der Waals surface area contributed by atoms with Crippen molar-refractivity contribution in [3.63, 3.8) is 0 Å². The van der Waals surface area contributed by atoms with E-state index in [-0.39, 0.29) is 0 Å². The van der Waals surface area contributed by atoms with Crippen molar-refractivity contribution in [2.45, 2.75) is 46.0 Å². The molecule has 0 aromatic carbocycles. The number of hydrogen-bond acceptors (Lipinski definition) is 3. The van der Waals surface area contributed by atoms with Gasteiger partial charge in [0.15, 0.2) is 0 Å². The van der Waals surface area contributed by atoms with Crippen molar-refractivity contribution in [2.24, 2.45) is 0 Å². The highest BCUT2D eigenvalue weighted by molar-refractivity contribution is 6.11. The van der Waals surface area contributed by atoms with Gasteiger partial charge >= 0.3 is 11.9 Å². The molecule has 0 saturated carbocycles. The van der Waals surface area contributed by atoms with E-state index in [0.29, 0.717) is 17.6 Å². The quantitative estimate of drug-likeness (QED) is 0.385. The van der Waals surface area contributed by atoms with Gasteiger partial charge in [-0.15, -0.1) is 0 Å². The van der Waals surface area contributed by atoms with E-state index in [1.165, 1.54) is 12.8 Å². The van der Waals surface area contributed by atoms with E-state index in [1.54, 1.807) is 6.92 Å². The molecule has 0 aromatic rings. The van der Waals surface area contributed by atoms with Gasteiger partial charge in [0.2, 0.25) is 0 Å². The summed E-state index contributed by atoms with van der Waals surface area (Å²) in [5.41, 5.74) is 1.07. The van der Waals surface area contributed by atoms with Crippen LogP contribution < -0.4 is 0 Å². The molecule has 3 nitrogen and oxygen atoms in total. The van der Waals surface area contributed by atoms with E-state index in [0.717, 1.165) is 12.8 Å². The Bertz CT molecular complexity index is 276. The molecule has 3 heteroatoms. The van der Waals surface area contributed by atoms with Gasteiger partial charge in [0.1, 0.15) is 0 Å². The van der Waals surface area contributed by atoms with Crippen molar-refractivity contribution in [3.8, 4) is 0 Å². The summed E-state index contributed by atoms with van der Waals surface area (Å²) in [6, 6.07) is 0. The van der Waals surface area contributed by atoms with Gasteiger partial charge < -0.3 is 4.74 Å². The van der Waals surface area contributed by atoms with Gasteiger partial charge in [-0.25, -0.2) is 9.59 Å². The molecule has 0 N–H and O–H groups in total. The molecule has 0 aromatic heterocycles. The van der Waals surface area contributed by atoms with Crippen LogP contribution in [-0.2, 0) is 14.3 Å². The molecule has 1 heterocycles. The van der Waals surface area contributed by atoms with E-state index in [9.17, 15) is 9.59 Å². The third kappa shape index (κ3) is 2.44. The number of ether oxygens (including phenoxy) is 1. The molecule has 14 heavy (non-hydrogen) atoms. The number of carbonyl (C=O) groups excluding carboxylic acids is 2. The van der Waals surface area contributed by atoms with Crippen molar-refractivity contribution < 1.29 is 14.3 Å². The average Bonchev–Trinajstić information content (AvgIpc) is 2.38. The van der Waals surface area contributed by atoms with Crippen molar-refractivity contribution in [3.05, 3.63) is 11.1 Å². The van der Waals surface area contributed by atoms with Gasteiger partial charge in [-0.05, 0) is 19.8 Å². The number of esters is 2. The second-order valence-electron chi connectivity index (χ2n) is 3.59. The van der Waals surface area contributed by atoms with Crippen molar-refractivity contribution in [2.75, 3.05) is 0 Å². The molecule has 1 rings (SSSR count). The summed E-state index contributed by atoms with van der Waals surface area (Å²) in [6.07, 6.45) is 5.09. The summed E-state index contributed by atoms with van der Waals surface area (Å²) in [6.45, 7) is 3.79. The lowest BCUT2D eigenvalue weighted by atomic mass is 10.0. The van der Waals surface area contributed by atoms with Gasteiger partial charge in [-0.2, -0.15) is 0 Å². The van der Waals surface area contributed by atoms with Crippen LogP contribution in [0.1, 0.15) is 46.0 Å². The van der Waals surface area contributed by atoms with Crippen LogP contribution in [0, 0.1) is 0 Å². The first kappa shape index (κ1) is 11.0. The highest BCUT2D eigenvalue weighted by Crippen LogP contribution is 2.22. The molecule has 0 fully saturated rings. The van der Waals surface area contributed by atoms with Gasteiger partial charge in [-0.3, -0.25) is 0 Å². The third-order valence-electron chi connectivity index (χ3n) is 2.47. The fourth-order valence-electron chi connectivity index (χ4n) is 1.52. The van der Waals surface area contributed by atoms with Gasteiger partial charge in [0.05, 0.1) is 0 Å². The number of carbonyl (C=O) groups is 2. The molecule has 0 atom stereocenters. The van der Waals surface area contributed by atoms with Gasteiger partial charge in [-0.1, -0.05) is 26.2 Å². The zero-order valence-electron chi connectivity index (χ0n) is 8.76. The Morgan fingerprint density at radius 2 is 1.79 bits per heavy atom. The monoisotopic (exact) mass is 196 g/mol. The van der Waals surface area contributed by atoms with Gasteiger partial charge in [0.25, 0.3) is 0 Å². The van der Waals surface area contributed by atoms with Crippen LogP contribution in [0.4, 0.5) is 0 Å². The Kier molecular flexibility index (Phi) is 3.86. The standard InChI is InChI=1S/C11H16O3/c1-3-4-5-6-7-9-8(2)10(12)14-11(9)13/h3-7H2,1-2H3. The molecule has 0 unspecified atom stereocenters. The largest absolute Gasteiger partial charge is 0.386 e. The van der Waals surface area contributed by atoms with Crippen LogP contribution in [0.3, 0.4) is 0 Å². The summed E-state index contributed by atoms with van der Waals surface area (Å²) in [4.78, 5) is 22.1. The lowest BCUT2D eigenvalue weighted by Crippen LogP contribution is -2.01. The molecule has 0 amide bonds. The Morgan fingerprint density at radius 1 is 1.07 bits per heavy atom. The molecule has 0 bridgehead atoms. The van der Waals surface area contributed by atoms with Crippen molar-refractivity contribution in [1.29, 1.82) is 0 Å². The minimum absolute atomic E-state index is 0.441. The van der Waals surface area contributed by atoms with E-state index < -0.39 is 11.9 Å². The number of cyclic esters (lactones) is 2. The SMILES string of the molecule is CCCCCCC1=C(C)C(=O)OC1=O. The first-order valence-electron chi connectivity index (χ1n) is 5.13. The van der Waals surface area contributed by atoms with E-state index >= 15 is 0 Å². The third-order valence-corrected chi connectivity index (χ3v) is 2.47. The Labute approximate surface area is 84.1 Å². The summed E-state index contributed by atoms with van der Waals surface area (Å²) >= 11 is 0. The molecular formula is C11H16O3. The minimum Gasteiger partial charge on any atom is -0.386 e. The normalized spacial score (nSPS) is 16.4. The fraction of sp³-hybridized carbons (Fsp3) is 0.636. The van der Waals surface area contributed by atoms with Crippen LogP contribution in [0.25, 0.3) is 0 Å². The number of unbranched alkanes of at least 4 members (excludes halogenated alkanes) is 3. The number of hydrogen-bond donors (Lipinski definition) is 0. The highest BCUT2D eigenvalue weighted by Gasteiger charge is 2.28. The fourth-order valence-corrected chi connectivity index (χ4v) is 1.52. The summed E-state index contributed by atoms with van der Waals surface area (Å²) < 4.78 is 4.49. The zero-order chi connectivity index (χ0) is 10.6. The van der Waals surface area contributed by atoms with Crippen LogP contribution in [-0.4, -0.2) is 11.9 Å². The van der Waals surface area contributed by atoms with Crippen LogP contribution in [0.2, 0.25) is 0 Å². The first-order chi connectivity index (χ1) is 6.66. The summed E-state index contributed by atoms with van der Waals surface area (Å²) in [5.74, 6) is -0.913. The predicted octanol–water partition coefficient (Wildman–Crippen LogP) is 2.36. The Balaban J connectivity index is 2.43. The van der Waals surface area contributed by atoms with Gasteiger partial charge in [0, 0.05) is 11.1 Å². The average molecular weight is 196 g/mol. The van der Waals surface area contributed by atoms with E-state index in [2.05, 4.69) is 11.7 Å². The predicted molar refractivity (Wildman–Crippen MR) is 52.6 cm³/mol. The molecule has 0 spiro atoms. The second-order valence-corrected chi connectivity index (χ2v) is 3.59. The molecule has 1 aliphatic heterocycles. The molecule has 0 radical (unpaired) electrons. The molecule has 0 saturated heterocycles. The summed E-state index contributed by atoms with van der Waals surface area (Å²) in [7, 11) is 0. The maximum Gasteiger partial charge on any atom is 0.342 e. The van der Waals surface area contributed by atoms with E-state index in [4.69, 9.17) is 0 Å². The molecule has 0 aliphatic carbocycles. The smallest absolute Gasteiger partial charge is 0.342 e. The maximum absolute atomic E-state index is 11.2. The van der Waals surface area contributed by atoms with Crippen molar-refractivity contribution >= 4 is 11.9 Å². The Morgan fingerprint density at radius 3 is 2.29 bits per heavy atom. The molecular weight excluding hydrogens is 180 g/mol.